The third-order valence-electron chi connectivity index (χ3n) is 3.34. The minimum Gasteiger partial charge on any atom is -0.393 e. The molecule has 1 fully saturated rings. The summed E-state index contributed by atoms with van der Waals surface area (Å²) in [4.78, 5) is 11.0. The van der Waals surface area contributed by atoms with Gasteiger partial charge in [-0.25, -0.2) is 4.39 Å². The van der Waals surface area contributed by atoms with Crippen molar-refractivity contribution in [2.75, 3.05) is 10.6 Å². The second kappa shape index (κ2) is 6.02. The third kappa shape index (κ3) is 3.92. The zero-order chi connectivity index (χ0) is 13.8. The number of carbonyl (C=O) groups is 1. The van der Waals surface area contributed by atoms with Gasteiger partial charge in [0.15, 0.2) is 0 Å². The molecule has 0 aromatic heterocycles. The Kier molecular flexibility index (Phi) is 4.37. The van der Waals surface area contributed by atoms with Crippen molar-refractivity contribution in [3.8, 4) is 0 Å². The van der Waals surface area contributed by atoms with Gasteiger partial charge in [-0.3, -0.25) is 4.79 Å². The lowest BCUT2D eigenvalue weighted by molar-refractivity contribution is -0.114. The van der Waals surface area contributed by atoms with E-state index >= 15 is 0 Å². The number of nitrogens with one attached hydrogen (secondary N) is 2. The van der Waals surface area contributed by atoms with E-state index in [4.69, 9.17) is 0 Å². The molecule has 1 saturated carbocycles. The van der Waals surface area contributed by atoms with Crippen molar-refractivity contribution in [3.63, 3.8) is 0 Å². The third-order valence-corrected chi connectivity index (χ3v) is 3.34. The molecule has 1 aliphatic rings. The van der Waals surface area contributed by atoms with Crippen molar-refractivity contribution in [1.29, 1.82) is 0 Å². The van der Waals surface area contributed by atoms with Gasteiger partial charge in [0.1, 0.15) is 5.82 Å². The van der Waals surface area contributed by atoms with Crippen molar-refractivity contribution < 1.29 is 14.3 Å². The average molecular weight is 266 g/mol. The number of anilines is 2. The monoisotopic (exact) mass is 266 g/mol. The van der Waals surface area contributed by atoms with Crippen molar-refractivity contribution in [2.24, 2.45) is 0 Å². The summed E-state index contributed by atoms with van der Waals surface area (Å²) in [6.45, 7) is 1.42. The van der Waals surface area contributed by atoms with E-state index in [0.29, 0.717) is 11.4 Å². The van der Waals surface area contributed by atoms with Gasteiger partial charge < -0.3 is 15.7 Å². The van der Waals surface area contributed by atoms with Crippen LogP contribution in [0.15, 0.2) is 18.2 Å². The lowest BCUT2D eigenvalue weighted by Gasteiger charge is -2.27. The molecule has 1 aromatic carbocycles. The maximum absolute atomic E-state index is 13.7. The number of aliphatic hydroxyl groups excluding tert-OH is 1. The minimum absolute atomic E-state index is 0.172. The Morgan fingerprint density at radius 3 is 2.63 bits per heavy atom. The van der Waals surface area contributed by atoms with Crippen LogP contribution in [-0.4, -0.2) is 23.2 Å². The zero-order valence-electron chi connectivity index (χ0n) is 10.9. The van der Waals surface area contributed by atoms with Crippen LogP contribution in [0.25, 0.3) is 0 Å². The molecule has 1 amide bonds. The Balaban J connectivity index is 2.04. The molecule has 104 valence electrons. The molecule has 0 unspecified atom stereocenters. The van der Waals surface area contributed by atoms with E-state index in [9.17, 15) is 14.3 Å². The molecule has 1 aromatic rings. The van der Waals surface area contributed by atoms with Gasteiger partial charge in [0.05, 0.1) is 11.8 Å². The van der Waals surface area contributed by atoms with Gasteiger partial charge >= 0.3 is 0 Å². The SMILES string of the molecule is CC(=O)Nc1ccc(F)c(NC2CCC(O)CC2)c1. The van der Waals surface area contributed by atoms with Crippen LogP contribution in [0.1, 0.15) is 32.6 Å². The second-order valence-corrected chi connectivity index (χ2v) is 5.03. The van der Waals surface area contributed by atoms with Crippen molar-refractivity contribution in [3.05, 3.63) is 24.0 Å². The van der Waals surface area contributed by atoms with Crippen LogP contribution in [0, 0.1) is 5.82 Å². The first-order valence-corrected chi connectivity index (χ1v) is 6.56. The Morgan fingerprint density at radius 2 is 2.00 bits per heavy atom. The van der Waals surface area contributed by atoms with Crippen LogP contribution in [0.2, 0.25) is 0 Å². The molecular weight excluding hydrogens is 247 g/mol. The summed E-state index contributed by atoms with van der Waals surface area (Å²) in [5, 5.41) is 15.2. The van der Waals surface area contributed by atoms with E-state index in [1.54, 1.807) is 6.07 Å². The summed E-state index contributed by atoms with van der Waals surface area (Å²) in [6, 6.07) is 4.64. The van der Waals surface area contributed by atoms with E-state index < -0.39 is 0 Å². The quantitative estimate of drug-likeness (QED) is 0.787. The molecule has 0 saturated heterocycles. The zero-order valence-corrected chi connectivity index (χ0v) is 10.9. The number of aliphatic hydroxyl groups is 1. The molecule has 0 bridgehead atoms. The minimum atomic E-state index is -0.333. The topological polar surface area (TPSA) is 61.4 Å². The molecule has 0 atom stereocenters. The van der Waals surface area contributed by atoms with Gasteiger partial charge in [0.25, 0.3) is 0 Å². The first-order valence-electron chi connectivity index (χ1n) is 6.56. The molecule has 19 heavy (non-hydrogen) atoms. The fraction of sp³-hybridized carbons (Fsp3) is 0.500. The molecule has 2 rings (SSSR count). The summed E-state index contributed by atoms with van der Waals surface area (Å²) >= 11 is 0. The molecule has 0 heterocycles. The largest absolute Gasteiger partial charge is 0.393 e. The highest BCUT2D eigenvalue weighted by atomic mass is 19.1. The summed E-state index contributed by atoms with van der Waals surface area (Å²) in [7, 11) is 0. The maximum Gasteiger partial charge on any atom is 0.221 e. The van der Waals surface area contributed by atoms with Crippen LogP contribution in [-0.2, 0) is 4.79 Å². The number of hydrogen-bond donors (Lipinski definition) is 3. The molecule has 5 heteroatoms. The van der Waals surface area contributed by atoms with Gasteiger partial charge in [-0.1, -0.05) is 0 Å². The number of rotatable bonds is 3. The van der Waals surface area contributed by atoms with Gasteiger partial charge in [-0.05, 0) is 43.9 Å². The van der Waals surface area contributed by atoms with E-state index in [2.05, 4.69) is 10.6 Å². The number of carbonyl (C=O) groups excluding carboxylic acids is 1. The lowest BCUT2D eigenvalue weighted by Crippen LogP contribution is -2.28. The van der Waals surface area contributed by atoms with Gasteiger partial charge in [0.2, 0.25) is 5.91 Å². The molecule has 1 aliphatic carbocycles. The molecule has 0 aliphatic heterocycles. The Hall–Kier alpha value is -1.62. The fourth-order valence-electron chi connectivity index (χ4n) is 2.36. The van der Waals surface area contributed by atoms with Gasteiger partial charge in [-0.15, -0.1) is 0 Å². The first-order chi connectivity index (χ1) is 9.04. The highest BCUT2D eigenvalue weighted by Gasteiger charge is 2.20. The highest BCUT2D eigenvalue weighted by Crippen LogP contribution is 2.25. The molecule has 0 spiro atoms. The van der Waals surface area contributed by atoms with E-state index in [0.717, 1.165) is 25.7 Å². The summed E-state index contributed by atoms with van der Waals surface area (Å²) in [6.07, 6.45) is 2.90. The van der Waals surface area contributed by atoms with Crippen LogP contribution >= 0.6 is 0 Å². The predicted molar refractivity (Wildman–Crippen MR) is 72.6 cm³/mol. The average Bonchev–Trinajstić information content (AvgIpc) is 2.35. The molecule has 4 nitrogen and oxygen atoms in total. The van der Waals surface area contributed by atoms with E-state index in [1.165, 1.54) is 19.1 Å². The van der Waals surface area contributed by atoms with Crippen molar-refractivity contribution >= 4 is 17.3 Å². The second-order valence-electron chi connectivity index (χ2n) is 5.03. The number of benzene rings is 1. The summed E-state index contributed by atoms with van der Waals surface area (Å²) in [5.74, 6) is -0.515. The molecule has 0 radical (unpaired) electrons. The normalized spacial score (nSPS) is 22.9. The van der Waals surface area contributed by atoms with Crippen LogP contribution in [0.5, 0.6) is 0 Å². The highest BCUT2D eigenvalue weighted by molar-refractivity contribution is 5.89. The number of amides is 1. The smallest absolute Gasteiger partial charge is 0.221 e. The Bertz CT molecular complexity index is 457. The van der Waals surface area contributed by atoms with Crippen LogP contribution in [0.3, 0.4) is 0 Å². The van der Waals surface area contributed by atoms with Crippen molar-refractivity contribution in [2.45, 2.75) is 44.8 Å². The van der Waals surface area contributed by atoms with Crippen molar-refractivity contribution in [1.82, 2.24) is 0 Å². The maximum atomic E-state index is 13.7. The molecular formula is C14H19FN2O2. The first kappa shape index (κ1) is 13.8. The standard InChI is InChI=1S/C14H19FN2O2/c1-9(18)16-11-4-7-13(15)14(8-11)17-10-2-5-12(19)6-3-10/h4,7-8,10,12,17,19H,2-3,5-6H2,1H3,(H,16,18). The van der Waals surface area contributed by atoms with Crippen LogP contribution in [0.4, 0.5) is 15.8 Å². The summed E-state index contributed by atoms with van der Waals surface area (Å²) in [5.41, 5.74) is 0.972. The predicted octanol–water partition coefficient (Wildman–Crippen LogP) is 2.50. The van der Waals surface area contributed by atoms with Gasteiger partial charge in [0, 0.05) is 18.7 Å². The lowest BCUT2D eigenvalue weighted by atomic mass is 9.93. The Labute approximate surface area is 112 Å². The van der Waals surface area contributed by atoms with E-state index in [1.807, 2.05) is 0 Å². The van der Waals surface area contributed by atoms with Crippen LogP contribution < -0.4 is 10.6 Å². The number of hydrogen-bond acceptors (Lipinski definition) is 3. The van der Waals surface area contributed by atoms with Gasteiger partial charge in [-0.2, -0.15) is 0 Å². The Morgan fingerprint density at radius 1 is 1.32 bits per heavy atom. The summed E-state index contributed by atoms with van der Waals surface area (Å²) < 4.78 is 13.7. The fourth-order valence-corrected chi connectivity index (χ4v) is 2.36. The van der Waals surface area contributed by atoms with E-state index in [-0.39, 0.29) is 23.9 Å². The number of halogens is 1. The molecule has 3 N–H and O–H groups in total.